The Morgan fingerprint density at radius 1 is 1.07 bits per heavy atom. The molecule has 6 heteroatoms. The van der Waals surface area contributed by atoms with Gasteiger partial charge in [-0.2, -0.15) is 0 Å². The third-order valence-corrected chi connectivity index (χ3v) is 7.08. The van der Waals surface area contributed by atoms with Crippen LogP contribution in [0.15, 0.2) is 39.8 Å². The lowest BCUT2D eigenvalue weighted by Crippen LogP contribution is -2.44. The topological polar surface area (TPSA) is 68.3 Å². The fourth-order valence-electron chi connectivity index (χ4n) is 6.05. The maximum absolute atomic E-state index is 13.2. The molecular weight excluding hydrogens is 354 g/mol. The number of amides is 1. The molecule has 28 heavy (non-hydrogen) atoms. The molecule has 1 amide bonds. The van der Waals surface area contributed by atoms with Crippen LogP contribution in [0.2, 0.25) is 0 Å². The van der Waals surface area contributed by atoms with E-state index in [2.05, 4.69) is 9.88 Å². The zero-order valence-electron chi connectivity index (χ0n) is 15.7. The first-order valence-electron chi connectivity index (χ1n) is 10.3. The Hall–Kier alpha value is -2.63. The number of aromatic nitrogens is 2. The predicted molar refractivity (Wildman–Crippen MR) is 105 cm³/mol. The minimum absolute atomic E-state index is 0.0391. The van der Waals surface area contributed by atoms with Crippen molar-refractivity contribution in [3.63, 3.8) is 0 Å². The summed E-state index contributed by atoms with van der Waals surface area (Å²) in [5, 5.41) is 0.827. The number of rotatable bonds is 2. The van der Waals surface area contributed by atoms with Crippen molar-refractivity contribution in [2.75, 3.05) is 6.54 Å². The highest BCUT2D eigenvalue weighted by molar-refractivity contribution is 6.01. The summed E-state index contributed by atoms with van der Waals surface area (Å²) < 4.78 is 7.14. The number of carbonyl (C=O) groups excluding carboxylic acids is 1. The van der Waals surface area contributed by atoms with Crippen molar-refractivity contribution in [2.24, 2.45) is 17.8 Å². The number of nitrogens with zero attached hydrogens (tertiary/aromatic N) is 3. The highest BCUT2D eigenvalue weighted by Gasteiger charge is 2.43. The summed E-state index contributed by atoms with van der Waals surface area (Å²) in [4.78, 5) is 32.6. The van der Waals surface area contributed by atoms with Gasteiger partial charge in [0.05, 0.1) is 6.33 Å². The number of para-hydroxylation sites is 1. The fourth-order valence-corrected chi connectivity index (χ4v) is 6.05. The smallest absolute Gasteiger partial charge is 0.297 e. The molecule has 4 aliphatic rings. The number of furan rings is 1. The van der Waals surface area contributed by atoms with Gasteiger partial charge in [0.2, 0.25) is 11.5 Å². The number of benzene rings is 1. The van der Waals surface area contributed by atoms with Crippen LogP contribution in [0.3, 0.4) is 0 Å². The van der Waals surface area contributed by atoms with E-state index in [4.69, 9.17) is 4.42 Å². The minimum atomic E-state index is -0.282. The van der Waals surface area contributed by atoms with E-state index in [0.29, 0.717) is 23.1 Å². The average molecular weight is 377 g/mol. The zero-order chi connectivity index (χ0) is 18.8. The normalized spacial score (nSPS) is 28.9. The van der Waals surface area contributed by atoms with E-state index in [1.54, 1.807) is 0 Å². The molecule has 4 heterocycles. The standard InChI is InChI=1S/C22H23N3O3/c26-19(25-10-15-6-13-5-14(7-15)9-16(25)8-13)11-24-12-23-20-17-3-1-2-4-18(17)28-21(20)22(24)27/h1-4,12-16H,5-11H2. The summed E-state index contributed by atoms with van der Waals surface area (Å²) in [5.41, 5.74) is 1.16. The van der Waals surface area contributed by atoms with E-state index in [9.17, 15) is 9.59 Å². The molecule has 1 aromatic carbocycles. The minimum Gasteiger partial charge on any atom is -0.448 e. The van der Waals surface area contributed by atoms with E-state index >= 15 is 0 Å². The van der Waals surface area contributed by atoms with Gasteiger partial charge in [-0.15, -0.1) is 0 Å². The largest absolute Gasteiger partial charge is 0.448 e. The molecular formula is C22H23N3O3. The number of carbonyl (C=O) groups is 1. The second kappa shape index (κ2) is 5.93. The predicted octanol–water partition coefficient (Wildman–Crippen LogP) is 3.18. The first kappa shape index (κ1) is 16.3. The van der Waals surface area contributed by atoms with Crippen molar-refractivity contribution in [1.29, 1.82) is 0 Å². The molecule has 2 unspecified atom stereocenters. The molecule has 0 spiro atoms. The van der Waals surface area contributed by atoms with Gasteiger partial charge in [0.25, 0.3) is 5.56 Å². The monoisotopic (exact) mass is 377 g/mol. The summed E-state index contributed by atoms with van der Waals surface area (Å²) >= 11 is 0. The van der Waals surface area contributed by atoms with Crippen LogP contribution in [-0.4, -0.2) is 32.9 Å². The number of hydrogen-bond acceptors (Lipinski definition) is 4. The molecule has 144 valence electrons. The molecule has 2 saturated carbocycles. The van der Waals surface area contributed by atoms with Gasteiger partial charge >= 0.3 is 0 Å². The van der Waals surface area contributed by atoms with Gasteiger partial charge in [0.15, 0.2) is 0 Å². The second-order valence-corrected chi connectivity index (χ2v) is 8.93. The van der Waals surface area contributed by atoms with Crippen molar-refractivity contribution >= 4 is 28.0 Å². The lowest BCUT2D eigenvalue weighted by atomic mass is 9.68. The summed E-state index contributed by atoms with van der Waals surface area (Å²) in [6.07, 6.45) is 7.64. The summed E-state index contributed by atoms with van der Waals surface area (Å²) in [7, 11) is 0. The number of hydrogen-bond donors (Lipinski definition) is 0. The van der Waals surface area contributed by atoms with Gasteiger partial charge < -0.3 is 9.32 Å². The molecule has 4 bridgehead atoms. The van der Waals surface area contributed by atoms with Gasteiger partial charge in [-0.3, -0.25) is 14.2 Å². The van der Waals surface area contributed by atoms with Gasteiger partial charge in [0.1, 0.15) is 17.6 Å². The lowest BCUT2D eigenvalue weighted by molar-refractivity contribution is -0.134. The Morgan fingerprint density at radius 3 is 2.64 bits per heavy atom. The molecule has 0 radical (unpaired) electrons. The molecule has 0 N–H and O–H groups in total. The lowest BCUT2D eigenvalue weighted by Gasteiger charge is -2.39. The fraction of sp³-hybridized carbons (Fsp3) is 0.500. The Labute approximate surface area is 162 Å². The second-order valence-electron chi connectivity index (χ2n) is 8.93. The first-order valence-corrected chi connectivity index (χ1v) is 10.3. The van der Waals surface area contributed by atoms with Crippen molar-refractivity contribution in [3.05, 3.63) is 40.9 Å². The van der Waals surface area contributed by atoms with Gasteiger partial charge in [0, 0.05) is 18.0 Å². The molecule has 2 aromatic heterocycles. The highest BCUT2D eigenvalue weighted by atomic mass is 16.3. The van der Waals surface area contributed by atoms with E-state index in [1.165, 1.54) is 30.2 Å². The molecule has 2 saturated heterocycles. The third-order valence-electron chi connectivity index (χ3n) is 7.08. The first-order chi connectivity index (χ1) is 13.7. The molecule has 2 aliphatic carbocycles. The van der Waals surface area contributed by atoms with Crippen LogP contribution >= 0.6 is 0 Å². The van der Waals surface area contributed by atoms with Crippen LogP contribution in [0.25, 0.3) is 22.1 Å². The molecule has 6 nitrogen and oxygen atoms in total. The summed E-state index contributed by atoms with van der Waals surface area (Å²) in [6.45, 7) is 0.892. The highest BCUT2D eigenvalue weighted by Crippen LogP contribution is 2.47. The Kier molecular flexibility index (Phi) is 3.46. The van der Waals surface area contributed by atoms with Crippen LogP contribution < -0.4 is 5.56 Å². The van der Waals surface area contributed by atoms with E-state index in [-0.39, 0.29) is 23.6 Å². The van der Waals surface area contributed by atoms with E-state index in [1.807, 2.05) is 24.3 Å². The van der Waals surface area contributed by atoms with Gasteiger partial charge in [-0.05, 0) is 62.0 Å². The SMILES string of the molecule is O=C(Cn1cnc2c(oc3ccccc32)c1=O)N1CC2CC3CC(C2)CC1C3. The van der Waals surface area contributed by atoms with Crippen molar-refractivity contribution in [1.82, 2.24) is 14.5 Å². The van der Waals surface area contributed by atoms with Crippen LogP contribution in [0.4, 0.5) is 0 Å². The van der Waals surface area contributed by atoms with Crippen molar-refractivity contribution in [2.45, 2.75) is 44.7 Å². The summed E-state index contributed by atoms with van der Waals surface area (Å²) in [5.74, 6) is 2.25. The maximum atomic E-state index is 13.2. The molecule has 4 fully saturated rings. The Balaban J connectivity index is 1.32. The van der Waals surface area contributed by atoms with Crippen LogP contribution in [0.1, 0.15) is 32.1 Å². The maximum Gasteiger partial charge on any atom is 0.297 e. The molecule has 3 aromatic rings. The van der Waals surface area contributed by atoms with E-state index < -0.39 is 0 Å². The van der Waals surface area contributed by atoms with Crippen LogP contribution in [0, 0.1) is 17.8 Å². The number of fused-ring (bicyclic) bond motifs is 4. The van der Waals surface area contributed by atoms with Gasteiger partial charge in [-0.25, -0.2) is 4.98 Å². The Bertz CT molecular complexity index is 1130. The zero-order valence-corrected chi connectivity index (χ0v) is 15.7. The average Bonchev–Trinajstić information content (AvgIpc) is 2.95. The van der Waals surface area contributed by atoms with Crippen LogP contribution in [0.5, 0.6) is 0 Å². The Morgan fingerprint density at radius 2 is 1.82 bits per heavy atom. The van der Waals surface area contributed by atoms with E-state index in [0.717, 1.165) is 36.6 Å². The quantitative estimate of drug-likeness (QED) is 0.688. The van der Waals surface area contributed by atoms with Gasteiger partial charge in [-0.1, -0.05) is 12.1 Å². The van der Waals surface area contributed by atoms with Crippen LogP contribution in [-0.2, 0) is 11.3 Å². The van der Waals surface area contributed by atoms with Crippen molar-refractivity contribution in [3.8, 4) is 0 Å². The molecule has 2 aliphatic heterocycles. The molecule has 7 rings (SSSR count). The molecule has 2 atom stereocenters. The third kappa shape index (κ3) is 2.43. The van der Waals surface area contributed by atoms with Crippen molar-refractivity contribution < 1.29 is 9.21 Å². The summed E-state index contributed by atoms with van der Waals surface area (Å²) in [6, 6.07) is 7.84.